The van der Waals surface area contributed by atoms with Gasteiger partial charge in [-0.05, 0) is 63.2 Å². The van der Waals surface area contributed by atoms with Crippen LogP contribution in [0, 0.1) is 0 Å². The fourth-order valence-corrected chi connectivity index (χ4v) is 5.18. The summed E-state index contributed by atoms with van der Waals surface area (Å²) in [4.78, 5) is 7.43. The van der Waals surface area contributed by atoms with Crippen LogP contribution in [0.15, 0.2) is 18.3 Å². The summed E-state index contributed by atoms with van der Waals surface area (Å²) in [6.45, 7) is 2.52. The van der Waals surface area contributed by atoms with Gasteiger partial charge in [-0.2, -0.15) is 0 Å². The van der Waals surface area contributed by atoms with Crippen LogP contribution in [0.2, 0.25) is 0 Å². The van der Waals surface area contributed by atoms with E-state index in [-0.39, 0.29) is 11.6 Å². The lowest BCUT2D eigenvalue weighted by atomic mass is 9.78. The Morgan fingerprint density at radius 2 is 1.95 bits per heavy atom. The zero-order valence-electron chi connectivity index (χ0n) is 12.9. The van der Waals surface area contributed by atoms with E-state index in [1.807, 2.05) is 6.20 Å². The Kier molecular flexibility index (Phi) is 3.50. The van der Waals surface area contributed by atoms with Gasteiger partial charge in [-0.15, -0.1) is 0 Å². The number of aryl methyl sites for hydroxylation is 1. The molecule has 2 heterocycles. The molecule has 1 aliphatic heterocycles. The first-order chi connectivity index (χ1) is 10.3. The van der Waals surface area contributed by atoms with E-state index < -0.39 is 0 Å². The van der Waals surface area contributed by atoms with Gasteiger partial charge < -0.3 is 5.73 Å². The van der Waals surface area contributed by atoms with E-state index in [1.54, 1.807) is 0 Å². The molecule has 1 aromatic rings. The van der Waals surface area contributed by atoms with Gasteiger partial charge in [-0.25, -0.2) is 0 Å². The third kappa shape index (κ3) is 2.13. The third-order valence-corrected chi connectivity index (χ3v) is 6.26. The lowest BCUT2D eigenvalue weighted by Crippen LogP contribution is -2.59. The Labute approximate surface area is 127 Å². The van der Waals surface area contributed by atoms with Gasteiger partial charge in [-0.3, -0.25) is 9.88 Å². The molecule has 1 saturated carbocycles. The molecule has 3 nitrogen and oxygen atoms in total. The number of likely N-dealkylation sites (tertiary alicyclic amines) is 1. The molecule has 0 amide bonds. The van der Waals surface area contributed by atoms with Crippen molar-refractivity contribution in [2.75, 3.05) is 13.1 Å². The van der Waals surface area contributed by atoms with E-state index in [1.165, 1.54) is 69.3 Å². The minimum absolute atomic E-state index is 0.259. The predicted octanol–water partition coefficient (Wildman–Crippen LogP) is 2.85. The standard InChI is InChI=1S/C18H27N3/c19-17(15-8-7-14-6-5-11-20-16(14)15)18(9-1-2-10-18)21-12-3-4-13-21/h5-6,11,15,17H,1-4,7-10,12-13,19H2. The SMILES string of the molecule is NC(C1CCc2cccnc21)C1(N2CCCC2)CCCC1. The molecule has 2 aliphatic carbocycles. The zero-order valence-corrected chi connectivity index (χ0v) is 12.9. The average Bonchev–Trinajstić information content (AvgIpc) is 3.25. The molecule has 1 aromatic heterocycles. The fourth-order valence-electron chi connectivity index (χ4n) is 5.18. The Morgan fingerprint density at radius 1 is 1.19 bits per heavy atom. The van der Waals surface area contributed by atoms with Gasteiger partial charge in [0.2, 0.25) is 0 Å². The minimum atomic E-state index is 0.259. The van der Waals surface area contributed by atoms with Crippen molar-refractivity contribution in [3.8, 4) is 0 Å². The summed E-state index contributed by atoms with van der Waals surface area (Å²) < 4.78 is 0. The summed E-state index contributed by atoms with van der Waals surface area (Å²) in [6.07, 6.45) is 12.3. The molecule has 4 rings (SSSR count). The van der Waals surface area contributed by atoms with E-state index in [2.05, 4.69) is 17.0 Å². The first kappa shape index (κ1) is 13.7. The van der Waals surface area contributed by atoms with Crippen molar-refractivity contribution in [2.24, 2.45) is 5.73 Å². The second-order valence-corrected chi connectivity index (χ2v) is 7.22. The van der Waals surface area contributed by atoms with Crippen LogP contribution >= 0.6 is 0 Å². The normalized spacial score (nSPS) is 29.7. The van der Waals surface area contributed by atoms with Crippen LogP contribution in [0.25, 0.3) is 0 Å². The van der Waals surface area contributed by atoms with E-state index in [4.69, 9.17) is 10.7 Å². The Bertz CT molecular complexity index is 501. The molecule has 0 radical (unpaired) electrons. The van der Waals surface area contributed by atoms with Crippen LogP contribution in [0.5, 0.6) is 0 Å². The molecule has 114 valence electrons. The van der Waals surface area contributed by atoms with Gasteiger partial charge >= 0.3 is 0 Å². The summed E-state index contributed by atoms with van der Waals surface area (Å²) >= 11 is 0. The summed E-state index contributed by atoms with van der Waals surface area (Å²) in [7, 11) is 0. The van der Waals surface area contributed by atoms with Crippen LogP contribution < -0.4 is 5.73 Å². The number of nitrogens with zero attached hydrogens (tertiary/aromatic N) is 2. The quantitative estimate of drug-likeness (QED) is 0.928. The topological polar surface area (TPSA) is 42.1 Å². The predicted molar refractivity (Wildman–Crippen MR) is 85.3 cm³/mol. The molecule has 0 aromatic carbocycles. The molecule has 2 atom stereocenters. The third-order valence-electron chi connectivity index (χ3n) is 6.26. The van der Waals surface area contributed by atoms with Crippen molar-refractivity contribution in [3.63, 3.8) is 0 Å². The second kappa shape index (κ2) is 5.36. The van der Waals surface area contributed by atoms with Gasteiger partial charge in [0.25, 0.3) is 0 Å². The highest BCUT2D eigenvalue weighted by molar-refractivity contribution is 5.31. The summed E-state index contributed by atoms with van der Waals surface area (Å²) in [6, 6.07) is 4.57. The van der Waals surface area contributed by atoms with E-state index >= 15 is 0 Å². The van der Waals surface area contributed by atoms with Gasteiger partial charge in [0.05, 0.1) is 0 Å². The van der Waals surface area contributed by atoms with Crippen LogP contribution in [0.4, 0.5) is 0 Å². The largest absolute Gasteiger partial charge is 0.326 e. The molecule has 21 heavy (non-hydrogen) atoms. The number of hydrogen-bond acceptors (Lipinski definition) is 3. The lowest BCUT2D eigenvalue weighted by Gasteiger charge is -2.45. The van der Waals surface area contributed by atoms with Crippen LogP contribution in [0.1, 0.15) is 62.1 Å². The molecule has 1 saturated heterocycles. The highest BCUT2D eigenvalue weighted by atomic mass is 15.2. The monoisotopic (exact) mass is 285 g/mol. The van der Waals surface area contributed by atoms with E-state index in [9.17, 15) is 0 Å². The molecule has 3 heteroatoms. The van der Waals surface area contributed by atoms with Crippen molar-refractivity contribution in [1.29, 1.82) is 0 Å². The molecule has 2 unspecified atom stereocenters. The molecule has 0 bridgehead atoms. The molecular weight excluding hydrogens is 258 g/mol. The maximum Gasteiger partial charge on any atom is 0.0482 e. The number of hydrogen-bond donors (Lipinski definition) is 1. The summed E-state index contributed by atoms with van der Waals surface area (Å²) in [5.74, 6) is 0.472. The first-order valence-electron chi connectivity index (χ1n) is 8.76. The molecule has 2 N–H and O–H groups in total. The fraction of sp³-hybridized carbons (Fsp3) is 0.722. The van der Waals surface area contributed by atoms with Gasteiger partial charge in [0, 0.05) is 29.4 Å². The molecule has 3 aliphatic rings. The molecule has 0 spiro atoms. The Morgan fingerprint density at radius 3 is 2.71 bits per heavy atom. The zero-order chi connectivity index (χ0) is 14.3. The summed E-state index contributed by atoms with van der Waals surface area (Å²) in [5.41, 5.74) is 9.94. The Hall–Kier alpha value is -0.930. The summed E-state index contributed by atoms with van der Waals surface area (Å²) in [5, 5.41) is 0. The number of aromatic nitrogens is 1. The van der Waals surface area contributed by atoms with Gasteiger partial charge in [0.1, 0.15) is 0 Å². The number of pyridine rings is 1. The van der Waals surface area contributed by atoms with Crippen molar-refractivity contribution in [3.05, 3.63) is 29.6 Å². The number of rotatable bonds is 3. The number of fused-ring (bicyclic) bond motifs is 1. The van der Waals surface area contributed by atoms with Crippen LogP contribution in [-0.2, 0) is 6.42 Å². The van der Waals surface area contributed by atoms with Crippen LogP contribution in [0.3, 0.4) is 0 Å². The molecule has 2 fully saturated rings. The highest BCUT2D eigenvalue weighted by Crippen LogP contribution is 2.46. The second-order valence-electron chi connectivity index (χ2n) is 7.22. The van der Waals surface area contributed by atoms with Gasteiger partial charge in [-0.1, -0.05) is 18.9 Å². The number of nitrogens with two attached hydrogens (primary N) is 1. The lowest BCUT2D eigenvalue weighted by molar-refractivity contribution is 0.0808. The maximum absolute atomic E-state index is 6.93. The van der Waals surface area contributed by atoms with Gasteiger partial charge in [0.15, 0.2) is 0 Å². The van der Waals surface area contributed by atoms with E-state index in [0.717, 1.165) is 6.42 Å². The molecular formula is C18H27N3. The van der Waals surface area contributed by atoms with Crippen molar-refractivity contribution < 1.29 is 0 Å². The smallest absolute Gasteiger partial charge is 0.0482 e. The first-order valence-corrected chi connectivity index (χ1v) is 8.76. The average molecular weight is 285 g/mol. The minimum Gasteiger partial charge on any atom is -0.326 e. The van der Waals surface area contributed by atoms with Crippen molar-refractivity contribution in [2.45, 2.75) is 68.9 Å². The van der Waals surface area contributed by atoms with Crippen molar-refractivity contribution in [1.82, 2.24) is 9.88 Å². The Balaban J connectivity index is 1.65. The van der Waals surface area contributed by atoms with Crippen LogP contribution in [-0.4, -0.2) is 34.6 Å². The van der Waals surface area contributed by atoms with Crippen molar-refractivity contribution >= 4 is 0 Å². The van der Waals surface area contributed by atoms with E-state index in [0.29, 0.717) is 5.92 Å². The highest BCUT2D eigenvalue weighted by Gasteiger charge is 2.49. The maximum atomic E-state index is 6.93.